The van der Waals surface area contributed by atoms with Crippen LogP contribution in [-0.2, 0) is 30.5 Å². The fourth-order valence-electron chi connectivity index (χ4n) is 4.44. The highest BCUT2D eigenvalue weighted by Crippen LogP contribution is 2.28. The summed E-state index contributed by atoms with van der Waals surface area (Å²) >= 11 is 0. The van der Waals surface area contributed by atoms with Crippen molar-refractivity contribution in [1.29, 1.82) is 0 Å². The monoisotopic (exact) mass is 379 g/mol. The van der Waals surface area contributed by atoms with Gasteiger partial charge in [-0.15, -0.1) is 0 Å². The summed E-state index contributed by atoms with van der Waals surface area (Å²) in [5.41, 5.74) is 4.93. The first-order valence-electron chi connectivity index (χ1n) is 10.1. The van der Waals surface area contributed by atoms with Crippen molar-refractivity contribution in [3.05, 3.63) is 53.0 Å². The van der Waals surface area contributed by atoms with E-state index in [0.717, 1.165) is 36.3 Å². The standard InChI is InChI=1S/C21H25N5O2/c27-21(25-7-9-28-10-8-25)26-6-5-19-18(13-26)20(23-14-22-19)24-17-11-15-3-1-2-4-16(15)12-17/h1-4,14,17H,5-13H2,(H,22,23,24). The van der Waals surface area contributed by atoms with Gasteiger partial charge in [-0.05, 0) is 24.0 Å². The molecule has 1 N–H and O–H groups in total. The zero-order chi connectivity index (χ0) is 18.9. The van der Waals surface area contributed by atoms with Crippen LogP contribution in [0, 0.1) is 0 Å². The number of fused-ring (bicyclic) bond motifs is 2. The largest absolute Gasteiger partial charge is 0.378 e. The molecule has 1 saturated heterocycles. The number of hydrogen-bond acceptors (Lipinski definition) is 5. The average molecular weight is 379 g/mol. The van der Waals surface area contributed by atoms with E-state index in [9.17, 15) is 4.79 Å². The molecular weight excluding hydrogens is 354 g/mol. The van der Waals surface area contributed by atoms with E-state index in [0.29, 0.717) is 45.4 Å². The van der Waals surface area contributed by atoms with Crippen molar-refractivity contribution in [2.75, 3.05) is 38.2 Å². The van der Waals surface area contributed by atoms with Crippen molar-refractivity contribution in [3.8, 4) is 0 Å². The van der Waals surface area contributed by atoms with E-state index in [4.69, 9.17) is 4.74 Å². The number of nitrogens with zero attached hydrogens (tertiary/aromatic N) is 4. The molecule has 2 aliphatic heterocycles. The first kappa shape index (κ1) is 17.4. The van der Waals surface area contributed by atoms with Gasteiger partial charge in [0, 0.05) is 37.7 Å². The molecule has 28 heavy (non-hydrogen) atoms. The summed E-state index contributed by atoms with van der Waals surface area (Å²) in [6, 6.07) is 9.04. The molecule has 0 unspecified atom stereocenters. The lowest BCUT2D eigenvalue weighted by molar-refractivity contribution is 0.0421. The molecule has 146 valence electrons. The molecule has 0 spiro atoms. The Labute approximate surface area is 164 Å². The van der Waals surface area contributed by atoms with Crippen LogP contribution in [0.4, 0.5) is 10.6 Å². The lowest BCUT2D eigenvalue weighted by Gasteiger charge is -2.35. The van der Waals surface area contributed by atoms with Crippen molar-refractivity contribution in [1.82, 2.24) is 19.8 Å². The number of urea groups is 1. The van der Waals surface area contributed by atoms with Gasteiger partial charge in [0.05, 0.1) is 25.5 Å². The van der Waals surface area contributed by atoms with E-state index < -0.39 is 0 Å². The number of nitrogens with one attached hydrogen (secondary N) is 1. The lowest BCUT2D eigenvalue weighted by atomic mass is 10.1. The van der Waals surface area contributed by atoms with Crippen LogP contribution in [0.3, 0.4) is 0 Å². The van der Waals surface area contributed by atoms with Crippen molar-refractivity contribution in [3.63, 3.8) is 0 Å². The fourth-order valence-corrected chi connectivity index (χ4v) is 4.44. The van der Waals surface area contributed by atoms with Crippen molar-refractivity contribution >= 4 is 11.8 Å². The molecule has 1 aliphatic carbocycles. The van der Waals surface area contributed by atoms with Gasteiger partial charge >= 0.3 is 6.03 Å². The number of morpholine rings is 1. The lowest BCUT2D eigenvalue weighted by Crippen LogP contribution is -2.49. The fraction of sp³-hybridized carbons (Fsp3) is 0.476. The SMILES string of the molecule is O=C(N1CCOCC1)N1CCc2ncnc(NC3Cc4ccccc4C3)c2C1. The van der Waals surface area contributed by atoms with Crippen molar-refractivity contribution in [2.45, 2.75) is 31.8 Å². The third kappa shape index (κ3) is 3.30. The molecule has 1 aromatic carbocycles. The van der Waals surface area contributed by atoms with Gasteiger partial charge < -0.3 is 19.9 Å². The molecule has 7 heteroatoms. The summed E-state index contributed by atoms with van der Waals surface area (Å²) in [5.74, 6) is 0.877. The van der Waals surface area contributed by atoms with Gasteiger partial charge in [-0.1, -0.05) is 24.3 Å². The van der Waals surface area contributed by atoms with Crippen molar-refractivity contribution < 1.29 is 9.53 Å². The molecule has 0 atom stereocenters. The summed E-state index contributed by atoms with van der Waals surface area (Å²) < 4.78 is 5.37. The van der Waals surface area contributed by atoms with E-state index in [2.05, 4.69) is 39.6 Å². The Morgan fingerprint density at radius 3 is 2.54 bits per heavy atom. The molecule has 1 fully saturated rings. The molecule has 0 bridgehead atoms. The summed E-state index contributed by atoms with van der Waals surface area (Å²) in [4.78, 5) is 25.7. The maximum atomic E-state index is 12.9. The molecule has 7 nitrogen and oxygen atoms in total. The minimum absolute atomic E-state index is 0.0945. The Hall–Kier alpha value is -2.67. The third-order valence-electron chi connectivity index (χ3n) is 5.95. The molecule has 0 saturated carbocycles. The second kappa shape index (κ2) is 7.39. The number of anilines is 1. The van der Waals surface area contributed by atoms with Crippen LogP contribution < -0.4 is 5.32 Å². The van der Waals surface area contributed by atoms with Gasteiger partial charge in [0.15, 0.2) is 0 Å². The Balaban J connectivity index is 1.32. The van der Waals surface area contributed by atoms with Crippen LogP contribution in [0.15, 0.2) is 30.6 Å². The number of amides is 2. The van der Waals surface area contributed by atoms with E-state index in [-0.39, 0.29) is 6.03 Å². The molecule has 3 aliphatic rings. The topological polar surface area (TPSA) is 70.6 Å². The Morgan fingerprint density at radius 1 is 1.04 bits per heavy atom. The van der Waals surface area contributed by atoms with Crippen LogP contribution in [-0.4, -0.2) is 64.7 Å². The van der Waals surface area contributed by atoms with Gasteiger partial charge in [-0.25, -0.2) is 14.8 Å². The average Bonchev–Trinajstić information content (AvgIpc) is 3.16. The third-order valence-corrected chi connectivity index (χ3v) is 5.95. The van der Waals surface area contributed by atoms with Gasteiger partial charge in [0.2, 0.25) is 0 Å². The Bertz CT molecular complexity index is 856. The summed E-state index contributed by atoms with van der Waals surface area (Å²) in [6.45, 7) is 3.84. The Morgan fingerprint density at radius 2 is 1.79 bits per heavy atom. The molecule has 5 rings (SSSR count). The highest BCUT2D eigenvalue weighted by molar-refractivity contribution is 5.75. The van der Waals surface area contributed by atoms with Crippen LogP contribution in [0.25, 0.3) is 0 Å². The van der Waals surface area contributed by atoms with Crippen LogP contribution in [0.1, 0.15) is 22.4 Å². The van der Waals surface area contributed by atoms with E-state index in [1.165, 1.54) is 11.1 Å². The smallest absolute Gasteiger partial charge is 0.320 e. The maximum absolute atomic E-state index is 12.9. The number of aromatic nitrogens is 2. The molecular formula is C21H25N5O2. The van der Waals surface area contributed by atoms with E-state index >= 15 is 0 Å². The maximum Gasteiger partial charge on any atom is 0.320 e. The second-order valence-corrected chi connectivity index (χ2v) is 7.72. The molecule has 1 aromatic heterocycles. The molecule has 2 amide bonds. The first-order chi connectivity index (χ1) is 13.8. The van der Waals surface area contributed by atoms with Crippen LogP contribution in [0.5, 0.6) is 0 Å². The number of rotatable bonds is 2. The number of benzene rings is 1. The number of hydrogen-bond donors (Lipinski definition) is 1. The highest BCUT2D eigenvalue weighted by atomic mass is 16.5. The van der Waals surface area contributed by atoms with Crippen molar-refractivity contribution in [2.24, 2.45) is 0 Å². The first-order valence-corrected chi connectivity index (χ1v) is 10.1. The molecule has 3 heterocycles. The predicted molar refractivity (Wildman–Crippen MR) is 105 cm³/mol. The Kier molecular flexibility index (Phi) is 4.60. The van der Waals surface area contributed by atoms with Gasteiger partial charge in [-0.2, -0.15) is 0 Å². The van der Waals surface area contributed by atoms with E-state index in [1.54, 1.807) is 6.33 Å². The zero-order valence-corrected chi connectivity index (χ0v) is 15.9. The number of carbonyl (C=O) groups excluding carboxylic acids is 1. The van der Waals surface area contributed by atoms with Crippen LogP contribution in [0.2, 0.25) is 0 Å². The number of ether oxygens (including phenoxy) is 1. The van der Waals surface area contributed by atoms with Gasteiger partial charge in [0.25, 0.3) is 0 Å². The summed E-state index contributed by atoms with van der Waals surface area (Å²) in [7, 11) is 0. The molecule has 0 radical (unpaired) electrons. The normalized spacial score (nSPS) is 19.3. The minimum Gasteiger partial charge on any atom is -0.378 e. The zero-order valence-electron chi connectivity index (χ0n) is 15.9. The second-order valence-electron chi connectivity index (χ2n) is 7.72. The van der Waals surface area contributed by atoms with Gasteiger partial charge in [0.1, 0.15) is 12.1 Å². The predicted octanol–water partition coefficient (Wildman–Crippen LogP) is 1.87. The molecule has 2 aromatic rings. The number of carbonyl (C=O) groups is 1. The highest BCUT2D eigenvalue weighted by Gasteiger charge is 2.29. The van der Waals surface area contributed by atoms with Crippen LogP contribution >= 0.6 is 0 Å². The summed E-state index contributed by atoms with van der Waals surface area (Å²) in [6.07, 6.45) is 4.42. The summed E-state index contributed by atoms with van der Waals surface area (Å²) in [5, 5.41) is 3.63. The van der Waals surface area contributed by atoms with Gasteiger partial charge in [-0.3, -0.25) is 0 Å². The van der Waals surface area contributed by atoms with E-state index in [1.807, 2.05) is 9.80 Å². The minimum atomic E-state index is 0.0945. The quantitative estimate of drug-likeness (QED) is 0.863.